The third kappa shape index (κ3) is 3.99. The van der Waals surface area contributed by atoms with Gasteiger partial charge in [0.05, 0.1) is 30.4 Å². The van der Waals surface area contributed by atoms with E-state index < -0.39 is 12.1 Å². The van der Waals surface area contributed by atoms with E-state index in [1.165, 1.54) is 0 Å². The summed E-state index contributed by atoms with van der Waals surface area (Å²) in [6.45, 7) is 0.950. The number of carboxylic acid groups (broad SMARTS) is 1. The number of hydrogen-bond donors (Lipinski definition) is 1. The summed E-state index contributed by atoms with van der Waals surface area (Å²) in [5.41, 5.74) is 1.04. The van der Waals surface area contributed by atoms with E-state index in [1.54, 1.807) is 41.1 Å². The molecule has 0 aromatic heterocycles. The first-order valence-corrected chi connectivity index (χ1v) is 8.46. The molecule has 1 atom stereocenters. The van der Waals surface area contributed by atoms with E-state index in [9.17, 15) is 14.4 Å². The highest BCUT2D eigenvalue weighted by Crippen LogP contribution is 2.33. The smallest absolute Gasteiger partial charge is 0.306 e. The molecule has 2 amide bonds. The number of benzene rings is 1. The van der Waals surface area contributed by atoms with Crippen molar-refractivity contribution in [2.75, 3.05) is 31.6 Å². The SMILES string of the molecule is CN(C(=O)C1CC1)c1ccccc1C(=O)N1CCOC(CC(=O)O)C1. The zero-order valence-electron chi connectivity index (χ0n) is 14.2. The molecule has 1 heterocycles. The van der Waals surface area contributed by atoms with Gasteiger partial charge < -0.3 is 19.6 Å². The van der Waals surface area contributed by atoms with Crippen LogP contribution in [0, 0.1) is 5.92 Å². The van der Waals surface area contributed by atoms with Crippen LogP contribution >= 0.6 is 0 Å². The lowest BCUT2D eigenvalue weighted by Crippen LogP contribution is -2.46. The molecule has 1 aliphatic heterocycles. The van der Waals surface area contributed by atoms with E-state index in [1.807, 2.05) is 0 Å². The zero-order chi connectivity index (χ0) is 18.0. The highest BCUT2D eigenvalue weighted by atomic mass is 16.5. The highest BCUT2D eigenvalue weighted by Gasteiger charge is 2.34. The Balaban J connectivity index is 1.77. The van der Waals surface area contributed by atoms with Crippen molar-refractivity contribution in [3.8, 4) is 0 Å². The minimum Gasteiger partial charge on any atom is -0.481 e. The molecule has 134 valence electrons. The monoisotopic (exact) mass is 346 g/mol. The van der Waals surface area contributed by atoms with Gasteiger partial charge in [0.2, 0.25) is 5.91 Å². The number of ether oxygens (including phenoxy) is 1. The van der Waals surface area contributed by atoms with E-state index in [0.29, 0.717) is 24.4 Å². The lowest BCUT2D eigenvalue weighted by molar-refractivity contribution is -0.141. The fourth-order valence-electron chi connectivity index (χ4n) is 3.06. The lowest BCUT2D eigenvalue weighted by Gasteiger charge is -2.33. The van der Waals surface area contributed by atoms with E-state index in [-0.39, 0.29) is 30.7 Å². The third-order valence-corrected chi connectivity index (χ3v) is 4.58. The van der Waals surface area contributed by atoms with Crippen molar-refractivity contribution >= 4 is 23.5 Å². The summed E-state index contributed by atoms with van der Waals surface area (Å²) in [6.07, 6.45) is 1.17. The number of para-hydroxylation sites is 1. The molecule has 1 unspecified atom stereocenters. The first kappa shape index (κ1) is 17.4. The summed E-state index contributed by atoms with van der Waals surface area (Å²) < 4.78 is 5.42. The Morgan fingerprint density at radius 1 is 1.28 bits per heavy atom. The van der Waals surface area contributed by atoms with Gasteiger partial charge in [0.15, 0.2) is 0 Å². The molecule has 7 heteroatoms. The van der Waals surface area contributed by atoms with Gasteiger partial charge in [-0.2, -0.15) is 0 Å². The molecular formula is C18H22N2O5. The van der Waals surface area contributed by atoms with Crippen molar-refractivity contribution in [1.29, 1.82) is 0 Å². The van der Waals surface area contributed by atoms with Gasteiger partial charge in [-0.3, -0.25) is 14.4 Å². The maximum atomic E-state index is 12.9. The van der Waals surface area contributed by atoms with E-state index in [0.717, 1.165) is 12.8 Å². The number of rotatable bonds is 5. The van der Waals surface area contributed by atoms with Gasteiger partial charge in [0, 0.05) is 26.1 Å². The van der Waals surface area contributed by atoms with Gasteiger partial charge in [0.25, 0.3) is 5.91 Å². The Bertz CT molecular complexity index is 686. The molecule has 1 N–H and O–H groups in total. The van der Waals surface area contributed by atoms with E-state index in [4.69, 9.17) is 9.84 Å². The standard InChI is InChI=1S/C18H22N2O5/c1-19(17(23)12-6-7-12)15-5-3-2-4-14(15)18(24)20-8-9-25-13(11-20)10-16(21)22/h2-5,12-13H,6-11H2,1H3,(H,21,22). The fraction of sp³-hybridized carbons (Fsp3) is 0.500. The maximum absolute atomic E-state index is 12.9. The summed E-state index contributed by atoms with van der Waals surface area (Å²) in [7, 11) is 1.69. The van der Waals surface area contributed by atoms with Crippen molar-refractivity contribution in [2.45, 2.75) is 25.4 Å². The molecule has 1 saturated carbocycles. The predicted molar refractivity (Wildman–Crippen MR) is 90.5 cm³/mol. The number of carboxylic acids is 1. The molecular weight excluding hydrogens is 324 g/mol. The Morgan fingerprint density at radius 2 is 2.00 bits per heavy atom. The Labute approximate surface area is 146 Å². The van der Waals surface area contributed by atoms with Crippen LogP contribution in [0.4, 0.5) is 5.69 Å². The lowest BCUT2D eigenvalue weighted by atomic mass is 10.1. The molecule has 0 bridgehead atoms. The highest BCUT2D eigenvalue weighted by molar-refractivity contribution is 6.05. The first-order chi connectivity index (χ1) is 12.0. The minimum absolute atomic E-state index is 0.0333. The Kier molecular flexibility index (Phi) is 5.03. The Hall–Kier alpha value is -2.41. The van der Waals surface area contributed by atoms with Crippen LogP contribution < -0.4 is 4.90 Å². The van der Waals surface area contributed by atoms with E-state index >= 15 is 0 Å². The summed E-state index contributed by atoms with van der Waals surface area (Å²) in [5, 5.41) is 8.92. The normalized spacial score (nSPS) is 20.2. The second-order valence-corrected chi connectivity index (χ2v) is 6.53. The molecule has 1 aromatic carbocycles. The average molecular weight is 346 g/mol. The predicted octanol–water partition coefficient (Wildman–Crippen LogP) is 1.38. The van der Waals surface area contributed by atoms with Gasteiger partial charge in [-0.25, -0.2) is 0 Å². The van der Waals surface area contributed by atoms with Crippen molar-refractivity contribution in [2.24, 2.45) is 5.92 Å². The molecule has 25 heavy (non-hydrogen) atoms. The van der Waals surface area contributed by atoms with Crippen LogP contribution in [0.25, 0.3) is 0 Å². The van der Waals surface area contributed by atoms with Crippen molar-refractivity contribution in [1.82, 2.24) is 4.90 Å². The number of carbonyl (C=O) groups excluding carboxylic acids is 2. The summed E-state index contributed by atoms with van der Waals surface area (Å²) in [6, 6.07) is 7.04. The van der Waals surface area contributed by atoms with Crippen LogP contribution in [0.3, 0.4) is 0 Å². The molecule has 0 radical (unpaired) electrons. The number of morpholine rings is 1. The summed E-state index contributed by atoms with van der Waals surface area (Å²) in [5.74, 6) is -1.05. The van der Waals surface area contributed by atoms with Crippen LogP contribution in [0.1, 0.15) is 29.6 Å². The topological polar surface area (TPSA) is 87.2 Å². The van der Waals surface area contributed by atoms with Gasteiger partial charge in [0.1, 0.15) is 0 Å². The van der Waals surface area contributed by atoms with Crippen LogP contribution in [0.5, 0.6) is 0 Å². The molecule has 1 aliphatic carbocycles. The third-order valence-electron chi connectivity index (χ3n) is 4.58. The summed E-state index contributed by atoms with van der Waals surface area (Å²) >= 11 is 0. The second kappa shape index (κ2) is 7.23. The number of nitrogens with zero attached hydrogens (tertiary/aromatic N) is 2. The van der Waals surface area contributed by atoms with Gasteiger partial charge in [-0.1, -0.05) is 12.1 Å². The molecule has 0 spiro atoms. The van der Waals surface area contributed by atoms with Crippen LogP contribution in [0.2, 0.25) is 0 Å². The maximum Gasteiger partial charge on any atom is 0.306 e. The van der Waals surface area contributed by atoms with Gasteiger partial charge >= 0.3 is 5.97 Å². The van der Waals surface area contributed by atoms with Crippen molar-refractivity contribution in [3.63, 3.8) is 0 Å². The van der Waals surface area contributed by atoms with Gasteiger partial charge in [-0.05, 0) is 25.0 Å². The number of carbonyl (C=O) groups is 3. The quantitative estimate of drug-likeness (QED) is 0.870. The molecule has 3 rings (SSSR count). The molecule has 2 aliphatic rings. The number of hydrogen-bond acceptors (Lipinski definition) is 4. The molecule has 7 nitrogen and oxygen atoms in total. The Morgan fingerprint density at radius 3 is 2.68 bits per heavy atom. The van der Waals surface area contributed by atoms with Crippen LogP contribution in [-0.4, -0.2) is 60.6 Å². The van der Waals surface area contributed by atoms with Crippen LogP contribution in [0.15, 0.2) is 24.3 Å². The second-order valence-electron chi connectivity index (χ2n) is 6.53. The van der Waals surface area contributed by atoms with Crippen molar-refractivity contribution < 1.29 is 24.2 Å². The van der Waals surface area contributed by atoms with Crippen molar-refractivity contribution in [3.05, 3.63) is 29.8 Å². The largest absolute Gasteiger partial charge is 0.481 e. The van der Waals surface area contributed by atoms with Gasteiger partial charge in [-0.15, -0.1) is 0 Å². The molecule has 1 saturated heterocycles. The minimum atomic E-state index is -0.950. The van der Waals surface area contributed by atoms with Crippen LogP contribution in [-0.2, 0) is 14.3 Å². The number of anilines is 1. The zero-order valence-corrected chi connectivity index (χ0v) is 14.2. The summed E-state index contributed by atoms with van der Waals surface area (Å²) in [4.78, 5) is 39.3. The molecule has 1 aromatic rings. The number of amides is 2. The first-order valence-electron chi connectivity index (χ1n) is 8.46. The number of aliphatic carboxylic acids is 1. The fourth-order valence-corrected chi connectivity index (χ4v) is 3.06. The average Bonchev–Trinajstić information content (AvgIpc) is 3.44. The molecule has 2 fully saturated rings. The van der Waals surface area contributed by atoms with E-state index in [2.05, 4.69) is 0 Å².